The smallest absolute Gasteiger partial charge is 0.412 e. The molecule has 0 bridgehead atoms. The lowest BCUT2D eigenvalue weighted by molar-refractivity contribution is -0.124. The summed E-state index contributed by atoms with van der Waals surface area (Å²) < 4.78 is 19.7. The number of nitrogens with zero attached hydrogens (tertiary/aromatic N) is 2. The maximum Gasteiger partial charge on any atom is 0.412 e. The normalized spacial score (nSPS) is 11.3. The van der Waals surface area contributed by atoms with Crippen molar-refractivity contribution >= 4 is 24.0 Å². The molecule has 1 atom stereocenters. The summed E-state index contributed by atoms with van der Waals surface area (Å²) in [6.45, 7) is -0.523. The van der Waals surface area contributed by atoms with E-state index < -0.39 is 36.0 Å². The summed E-state index contributed by atoms with van der Waals surface area (Å²) in [6.07, 6.45) is 1.14. The van der Waals surface area contributed by atoms with Crippen molar-refractivity contribution in [1.29, 1.82) is 0 Å². The predicted molar refractivity (Wildman–Crippen MR) is 142 cm³/mol. The van der Waals surface area contributed by atoms with Crippen molar-refractivity contribution in [3.05, 3.63) is 118 Å². The van der Waals surface area contributed by atoms with Crippen molar-refractivity contribution in [1.82, 2.24) is 14.9 Å². The Labute approximate surface area is 223 Å². The number of nitrogens with one attached hydrogen (secondary N) is 2. The number of rotatable bonds is 10. The van der Waals surface area contributed by atoms with Gasteiger partial charge in [-0.3, -0.25) is 19.5 Å². The van der Waals surface area contributed by atoms with Crippen LogP contribution in [0.25, 0.3) is 11.4 Å². The number of amides is 2. The van der Waals surface area contributed by atoms with Crippen LogP contribution in [0.5, 0.6) is 0 Å². The molecule has 0 saturated heterocycles. The monoisotopic (exact) mass is 528 g/mol. The number of benzene rings is 3. The van der Waals surface area contributed by atoms with Gasteiger partial charge in [-0.25, -0.2) is 14.2 Å². The van der Waals surface area contributed by atoms with Gasteiger partial charge in [0, 0.05) is 5.56 Å². The highest BCUT2D eigenvalue weighted by Crippen LogP contribution is 2.17. The van der Waals surface area contributed by atoms with Gasteiger partial charge in [0.25, 0.3) is 5.56 Å². The van der Waals surface area contributed by atoms with E-state index in [9.17, 15) is 23.6 Å². The van der Waals surface area contributed by atoms with E-state index in [1.807, 2.05) is 36.4 Å². The Morgan fingerprint density at radius 2 is 1.59 bits per heavy atom. The highest BCUT2D eigenvalue weighted by atomic mass is 19.1. The van der Waals surface area contributed by atoms with E-state index in [0.29, 0.717) is 11.8 Å². The summed E-state index contributed by atoms with van der Waals surface area (Å²) in [5, 5.41) is 4.97. The van der Waals surface area contributed by atoms with Crippen molar-refractivity contribution in [3.63, 3.8) is 0 Å². The third-order valence-electron chi connectivity index (χ3n) is 5.71. The minimum Gasteiger partial charge on any atom is -0.444 e. The molecular formula is C29H25FN4O5. The Bertz CT molecular complexity index is 1490. The van der Waals surface area contributed by atoms with Gasteiger partial charge in [0.2, 0.25) is 5.91 Å². The first-order valence-corrected chi connectivity index (χ1v) is 12.0. The first kappa shape index (κ1) is 26.9. The third kappa shape index (κ3) is 7.45. The molecule has 1 unspecified atom stereocenters. The molecule has 0 radical (unpaired) electrons. The fourth-order valence-corrected chi connectivity index (χ4v) is 3.82. The molecule has 0 fully saturated rings. The molecule has 4 aromatic rings. The molecule has 9 nitrogen and oxygen atoms in total. The number of ether oxygens (including phenoxy) is 1. The van der Waals surface area contributed by atoms with Crippen LogP contribution in [-0.4, -0.2) is 33.9 Å². The Hall–Kier alpha value is -5.12. The zero-order valence-corrected chi connectivity index (χ0v) is 20.7. The van der Waals surface area contributed by atoms with Gasteiger partial charge in [0.05, 0.1) is 12.2 Å². The summed E-state index contributed by atoms with van der Waals surface area (Å²) in [7, 11) is 0. The molecule has 0 spiro atoms. The molecule has 0 saturated carbocycles. The van der Waals surface area contributed by atoms with Crippen molar-refractivity contribution in [2.24, 2.45) is 0 Å². The van der Waals surface area contributed by atoms with Crippen molar-refractivity contribution in [2.75, 3.05) is 5.32 Å². The average molecular weight is 529 g/mol. The minimum atomic E-state index is -0.882. The second-order valence-electron chi connectivity index (χ2n) is 8.58. The van der Waals surface area contributed by atoms with Crippen LogP contribution in [0, 0.1) is 5.82 Å². The molecule has 0 aliphatic carbocycles. The Kier molecular flexibility index (Phi) is 8.91. The van der Waals surface area contributed by atoms with Gasteiger partial charge in [-0.2, -0.15) is 0 Å². The molecule has 0 aliphatic rings. The second kappa shape index (κ2) is 12.9. The van der Waals surface area contributed by atoms with Gasteiger partial charge in [-0.1, -0.05) is 60.7 Å². The third-order valence-corrected chi connectivity index (χ3v) is 5.71. The summed E-state index contributed by atoms with van der Waals surface area (Å²) in [6, 6.07) is 22.5. The summed E-state index contributed by atoms with van der Waals surface area (Å²) in [5.74, 6) is -1.04. The topological polar surface area (TPSA) is 119 Å². The van der Waals surface area contributed by atoms with Crippen LogP contribution in [0.15, 0.2) is 95.9 Å². The van der Waals surface area contributed by atoms with E-state index in [0.717, 1.165) is 21.9 Å². The quantitative estimate of drug-likeness (QED) is 0.303. The van der Waals surface area contributed by atoms with Crippen LogP contribution in [0.2, 0.25) is 0 Å². The maximum atomic E-state index is 13.5. The number of carbonyl (C=O) groups is 3. The van der Waals surface area contributed by atoms with Crippen LogP contribution in [-0.2, 0) is 33.9 Å². The van der Waals surface area contributed by atoms with Crippen LogP contribution in [0.4, 0.5) is 14.9 Å². The fraction of sp³-hybridized carbons (Fsp3) is 0.138. The summed E-state index contributed by atoms with van der Waals surface area (Å²) in [4.78, 5) is 54.5. The van der Waals surface area contributed by atoms with E-state index in [1.54, 1.807) is 24.3 Å². The molecule has 198 valence electrons. The van der Waals surface area contributed by atoms with Gasteiger partial charge in [-0.15, -0.1) is 0 Å². The lowest BCUT2D eigenvalue weighted by Crippen LogP contribution is -2.41. The molecule has 1 heterocycles. The number of anilines is 1. The predicted octanol–water partition coefficient (Wildman–Crippen LogP) is 3.72. The van der Waals surface area contributed by atoms with E-state index in [-0.39, 0.29) is 24.5 Å². The van der Waals surface area contributed by atoms with Gasteiger partial charge in [0.1, 0.15) is 36.8 Å². The lowest BCUT2D eigenvalue weighted by Gasteiger charge is -2.17. The highest BCUT2D eigenvalue weighted by molar-refractivity contribution is 5.84. The van der Waals surface area contributed by atoms with Crippen LogP contribution in [0.1, 0.15) is 11.1 Å². The number of aromatic nitrogens is 2. The summed E-state index contributed by atoms with van der Waals surface area (Å²) >= 11 is 0. The van der Waals surface area contributed by atoms with Gasteiger partial charge in [-0.05, 0) is 41.8 Å². The number of hydrogen-bond acceptors (Lipinski definition) is 6. The molecule has 4 rings (SSSR count). The highest BCUT2D eigenvalue weighted by Gasteiger charge is 2.19. The van der Waals surface area contributed by atoms with Crippen LogP contribution >= 0.6 is 0 Å². The molecule has 3 aromatic carbocycles. The SMILES string of the molecule is O=CC(Cc1ccccc1)NC(=O)Cn1c(-c2ccc(F)cc2)ncc(NC(=O)OCc2ccccc2)c1=O. The first-order valence-electron chi connectivity index (χ1n) is 12.0. The standard InChI is InChI=1S/C29H25FN4O5/c30-23-13-11-22(12-14-23)27-31-16-25(33-29(38)39-19-21-9-5-2-6-10-21)28(37)34(27)17-26(36)32-24(18-35)15-20-7-3-1-4-8-20/h1-14,16,18,24H,15,17,19H2,(H,32,36)(H,33,38). The average Bonchev–Trinajstić information content (AvgIpc) is 2.95. The van der Waals surface area contributed by atoms with E-state index in [4.69, 9.17) is 4.74 Å². The lowest BCUT2D eigenvalue weighted by atomic mass is 10.1. The largest absolute Gasteiger partial charge is 0.444 e. The second-order valence-corrected chi connectivity index (χ2v) is 8.58. The first-order chi connectivity index (χ1) is 18.9. The molecule has 10 heteroatoms. The van der Waals surface area contributed by atoms with Gasteiger partial charge in [0.15, 0.2) is 0 Å². The Morgan fingerprint density at radius 1 is 0.949 bits per heavy atom. The fourth-order valence-electron chi connectivity index (χ4n) is 3.82. The number of hydrogen-bond donors (Lipinski definition) is 2. The molecule has 2 N–H and O–H groups in total. The number of carbonyl (C=O) groups excluding carboxylic acids is 3. The van der Waals surface area contributed by atoms with Gasteiger partial charge >= 0.3 is 6.09 Å². The van der Waals surface area contributed by atoms with Crippen molar-refractivity contribution in [2.45, 2.75) is 25.6 Å². The van der Waals surface area contributed by atoms with E-state index in [2.05, 4.69) is 15.6 Å². The van der Waals surface area contributed by atoms with Crippen LogP contribution in [0.3, 0.4) is 0 Å². The molecular weight excluding hydrogens is 503 g/mol. The Balaban J connectivity index is 1.55. The van der Waals surface area contributed by atoms with E-state index >= 15 is 0 Å². The maximum absolute atomic E-state index is 13.5. The molecule has 1 aromatic heterocycles. The van der Waals surface area contributed by atoms with Gasteiger partial charge < -0.3 is 14.8 Å². The molecule has 2 amide bonds. The molecule has 0 aliphatic heterocycles. The Morgan fingerprint density at radius 3 is 2.23 bits per heavy atom. The zero-order chi connectivity index (χ0) is 27.6. The number of halogens is 1. The van der Waals surface area contributed by atoms with Crippen LogP contribution < -0.4 is 16.2 Å². The summed E-state index contributed by atoms with van der Waals surface area (Å²) in [5.41, 5.74) is 1.02. The number of aldehydes is 1. The van der Waals surface area contributed by atoms with Crippen molar-refractivity contribution < 1.29 is 23.5 Å². The zero-order valence-electron chi connectivity index (χ0n) is 20.7. The molecule has 39 heavy (non-hydrogen) atoms. The minimum absolute atomic E-state index is 0.0150. The van der Waals surface area contributed by atoms with Crippen molar-refractivity contribution in [3.8, 4) is 11.4 Å². The van der Waals surface area contributed by atoms with E-state index in [1.165, 1.54) is 24.3 Å².